The maximum absolute atomic E-state index is 6.51. The zero-order valence-corrected chi connectivity index (χ0v) is 16.0. The van der Waals surface area contributed by atoms with Crippen LogP contribution in [0.3, 0.4) is 0 Å². The molecule has 1 heterocycles. The summed E-state index contributed by atoms with van der Waals surface area (Å²) in [6.07, 6.45) is 12.7. The Morgan fingerprint density at radius 1 is 0.960 bits per heavy atom. The van der Waals surface area contributed by atoms with Crippen molar-refractivity contribution in [3.63, 3.8) is 0 Å². The molecule has 138 valence electrons. The second kappa shape index (κ2) is 7.80. The van der Waals surface area contributed by atoms with Crippen LogP contribution in [0, 0.1) is 17.8 Å². The van der Waals surface area contributed by atoms with Crippen LogP contribution in [0.2, 0.25) is 0 Å². The quantitative estimate of drug-likeness (QED) is 0.665. The Bertz CT molecular complexity index is 532. The van der Waals surface area contributed by atoms with Gasteiger partial charge in [0.1, 0.15) is 5.72 Å². The smallest absolute Gasteiger partial charge is 0.119 e. The van der Waals surface area contributed by atoms with Crippen LogP contribution >= 0.6 is 0 Å². The SMILES string of the molecule is CC1(OCc2ccccc2)CCCCN1CC1CCC(C2CC2)CC1. The lowest BCUT2D eigenvalue weighted by atomic mass is 9.79. The second-order valence-electron chi connectivity index (χ2n) is 8.97. The topological polar surface area (TPSA) is 12.5 Å². The lowest BCUT2D eigenvalue weighted by Gasteiger charge is -2.46. The van der Waals surface area contributed by atoms with Crippen molar-refractivity contribution in [3.05, 3.63) is 35.9 Å². The number of benzene rings is 1. The Labute approximate surface area is 153 Å². The number of nitrogens with zero attached hydrogens (tertiary/aromatic N) is 1. The molecule has 1 saturated heterocycles. The lowest BCUT2D eigenvalue weighted by molar-refractivity contribution is -0.176. The Kier molecular flexibility index (Phi) is 5.47. The van der Waals surface area contributed by atoms with Gasteiger partial charge in [-0.25, -0.2) is 0 Å². The van der Waals surface area contributed by atoms with Gasteiger partial charge in [-0.05, 0) is 88.0 Å². The van der Waals surface area contributed by atoms with Crippen LogP contribution in [0.1, 0.15) is 70.3 Å². The van der Waals surface area contributed by atoms with Crippen molar-refractivity contribution < 1.29 is 4.74 Å². The van der Waals surface area contributed by atoms with E-state index in [4.69, 9.17) is 4.74 Å². The highest BCUT2D eigenvalue weighted by atomic mass is 16.5. The molecule has 0 radical (unpaired) electrons. The predicted molar refractivity (Wildman–Crippen MR) is 103 cm³/mol. The van der Waals surface area contributed by atoms with E-state index in [-0.39, 0.29) is 5.72 Å². The van der Waals surface area contributed by atoms with Crippen molar-refractivity contribution in [1.29, 1.82) is 0 Å². The largest absolute Gasteiger partial charge is 0.356 e. The highest BCUT2D eigenvalue weighted by molar-refractivity contribution is 5.13. The molecule has 0 spiro atoms. The summed E-state index contributed by atoms with van der Waals surface area (Å²) in [5.74, 6) is 3.07. The normalized spacial score (nSPS) is 34.1. The van der Waals surface area contributed by atoms with E-state index in [0.29, 0.717) is 0 Å². The molecule has 0 N–H and O–H groups in total. The Morgan fingerprint density at radius 3 is 2.32 bits per heavy atom. The van der Waals surface area contributed by atoms with Crippen LogP contribution in [0.15, 0.2) is 30.3 Å². The van der Waals surface area contributed by atoms with Crippen LogP contribution in [0.4, 0.5) is 0 Å². The molecule has 1 aromatic carbocycles. The maximum atomic E-state index is 6.51. The minimum atomic E-state index is -0.0680. The van der Waals surface area contributed by atoms with Crippen LogP contribution in [-0.2, 0) is 11.3 Å². The van der Waals surface area contributed by atoms with Gasteiger partial charge in [0.25, 0.3) is 0 Å². The number of likely N-dealkylation sites (tertiary alicyclic amines) is 1. The van der Waals surface area contributed by atoms with Crippen molar-refractivity contribution in [1.82, 2.24) is 4.90 Å². The molecule has 1 aromatic rings. The molecule has 3 aliphatic rings. The summed E-state index contributed by atoms with van der Waals surface area (Å²) in [4.78, 5) is 2.68. The van der Waals surface area contributed by atoms with Crippen molar-refractivity contribution in [2.75, 3.05) is 13.1 Å². The predicted octanol–water partition coefficient (Wildman–Crippen LogP) is 5.62. The van der Waals surface area contributed by atoms with E-state index in [0.717, 1.165) is 24.4 Å². The summed E-state index contributed by atoms with van der Waals surface area (Å²) in [5, 5.41) is 0. The van der Waals surface area contributed by atoms with E-state index in [1.54, 1.807) is 0 Å². The molecule has 0 bridgehead atoms. The third-order valence-electron chi connectivity index (χ3n) is 7.04. The van der Waals surface area contributed by atoms with E-state index in [9.17, 15) is 0 Å². The van der Waals surface area contributed by atoms with Gasteiger partial charge in [0.2, 0.25) is 0 Å². The summed E-state index contributed by atoms with van der Waals surface area (Å²) in [5.41, 5.74) is 1.22. The molecule has 4 rings (SSSR count). The minimum absolute atomic E-state index is 0.0680. The first-order chi connectivity index (χ1) is 12.2. The van der Waals surface area contributed by atoms with Gasteiger partial charge in [-0.15, -0.1) is 0 Å². The maximum Gasteiger partial charge on any atom is 0.119 e. The third kappa shape index (κ3) is 4.46. The molecule has 1 atom stereocenters. The number of rotatable bonds is 6. The van der Waals surface area contributed by atoms with Crippen molar-refractivity contribution in [2.45, 2.75) is 77.0 Å². The van der Waals surface area contributed by atoms with Gasteiger partial charge in [0, 0.05) is 13.1 Å². The Hall–Kier alpha value is -0.860. The van der Waals surface area contributed by atoms with E-state index in [1.165, 1.54) is 76.4 Å². The number of hydrogen-bond acceptors (Lipinski definition) is 2. The molecule has 0 aromatic heterocycles. The van der Waals surface area contributed by atoms with E-state index < -0.39 is 0 Å². The molecule has 25 heavy (non-hydrogen) atoms. The third-order valence-corrected chi connectivity index (χ3v) is 7.04. The fourth-order valence-electron chi connectivity index (χ4n) is 5.13. The molecule has 1 aliphatic heterocycles. The van der Waals surface area contributed by atoms with Crippen molar-refractivity contribution in [2.24, 2.45) is 17.8 Å². The first kappa shape index (κ1) is 17.5. The first-order valence-electron chi connectivity index (χ1n) is 10.7. The van der Waals surface area contributed by atoms with Crippen LogP contribution < -0.4 is 0 Å². The average molecular weight is 342 g/mol. The van der Waals surface area contributed by atoms with Gasteiger partial charge in [0.05, 0.1) is 6.61 Å². The fourth-order valence-corrected chi connectivity index (χ4v) is 5.13. The van der Waals surface area contributed by atoms with Gasteiger partial charge >= 0.3 is 0 Å². The zero-order chi connectivity index (χ0) is 17.1. The van der Waals surface area contributed by atoms with Gasteiger partial charge < -0.3 is 4.74 Å². The van der Waals surface area contributed by atoms with Gasteiger partial charge in [-0.2, -0.15) is 0 Å². The van der Waals surface area contributed by atoms with Gasteiger partial charge in [0.15, 0.2) is 0 Å². The zero-order valence-electron chi connectivity index (χ0n) is 16.0. The summed E-state index contributed by atoms with van der Waals surface area (Å²) in [7, 11) is 0. The summed E-state index contributed by atoms with van der Waals surface area (Å²) in [6.45, 7) is 5.55. The second-order valence-corrected chi connectivity index (χ2v) is 8.97. The highest BCUT2D eigenvalue weighted by Crippen LogP contribution is 2.45. The first-order valence-corrected chi connectivity index (χ1v) is 10.7. The fraction of sp³-hybridized carbons (Fsp3) is 0.739. The summed E-state index contributed by atoms with van der Waals surface area (Å²) >= 11 is 0. The molecule has 2 nitrogen and oxygen atoms in total. The standard InChI is InChI=1S/C23H35NO/c1-23(25-18-20-7-3-2-4-8-20)15-5-6-16-24(23)17-19-9-11-21(12-10-19)22-13-14-22/h2-4,7-8,19,21-22H,5-6,9-18H2,1H3. The number of ether oxygens (including phenoxy) is 1. The van der Waals surface area contributed by atoms with Crippen molar-refractivity contribution >= 4 is 0 Å². The average Bonchev–Trinajstić information content (AvgIpc) is 3.49. The minimum Gasteiger partial charge on any atom is -0.356 e. The van der Waals surface area contributed by atoms with Gasteiger partial charge in [-0.1, -0.05) is 30.3 Å². The number of piperidine rings is 1. The molecular weight excluding hydrogens is 306 g/mol. The van der Waals surface area contributed by atoms with Gasteiger partial charge in [-0.3, -0.25) is 4.90 Å². The lowest BCUT2D eigenvalue weighted by Crippen LogP contribution is -2.53. The van der Waals surface area contributed by atoms with Crippen molar-refractivity contribution in [3.8, 4) is 0 Å². The highest BCUT2D eigenvalue weighted by Gasteiger charge is 2.38. The Balaban J connectivity index is 1.32. The molecule has 2 aliphatic carbocycles. The summed E-state index contributed by atoms with van der Waals surface area (Å²) in [6, 6.07) is 10.7. The number of hydrogen-bond donors (Lipinski definition) is 0. The van der Waals surface area contributed by atoms with E-state index in [1.807, 2.05) is 0 Å². The molecule has 2 saturated carbocycles. The van der Waals surface area contributed by atoms with E-state index >= 15 is 0 Å². The van der Waals surface area contributed by atoms with Crippen LogP contribution in [0.25, 0.3) is 0 Å². The molecule has 1 unspecified atom stereocenters. The monoisotopic (exact) mass is 341 g/mol. The van der Waals surface area contributed by atoms with E-state index in [2.05, 4.69) is 42.2 Å². The molecular formula is C23H35NO. The molecule has 0 amide bonds. The molecule has 2 heteroatoms. The van der Waals surface area contributed by atoms with Crippen LogP contribution in [-0.4, -0.2) is 23.7 Å². The Morgan fingerprint density at radius 2 is 1.64 bits per heavy atom. The summed E-state index contributed by atoms with van der Waals surface area (Å²) < 4.78 is 6.51. The molecule has 3 fully saturated rings. The van der Waals surface area contributed by atoms with Crippen LogP contribution in [0.5, 0.6) is 0 Å².